The molecule has 0 aliphatic rings. The molecule has 2 amide bonds. The molecule has 0 aromatic rings. The minimum atomic E-state index is -0.0859. The van der Waals surface area contributed by atoms with E-state index in [2.05, 4.69) is 10.6 Å². The molecular formula is C10H22N2O2. The van der Waals surface area contributed by atoms with E-state index in [9.17, 15) is 4.79 Å². The number of unbranched alkanes of at least 4 members (excludes halogenated alkanes) is 1. The zero-order valence-corrected chi connectivity index (χ0v) is 9.43. The van der Waals surface area contributed by atoms with Crippen LogP contribution in [0, 0.1) is 0 Å². The van der Waals surface area contributed by atoms with Gasteiger partial charge in [0.05, 0.1) is 6.10 Å². The van der Waals surface area contributed by atoms with Crippen molar-refractivity contribution in [2.75, 3.05) is 19.7 Å². The normalized spacial score (nSPS) is 10.3. The lowest BCUT2D eigenvalue weighted by Crippen LogP contribution is -2.35. The molecule has 0 spiro atoms. The highest BCUT2D eigenvalue weighted by molar-refractivity contribution is 5.73. The van der Waals surface area contributed by atoms with Crippen LogP contribution in [-0.2, 0) is 4.74 Å². The Labute approximate surface area is 86.4 Å². The van der Waals surface area contributed by atoms with Crippen molar-refractivity contribution in [3.05, 3.63) is 0 Å². The lowest BCUT2D eigenvalue weighted by molar-refractivity contribution is 0.0761. The monoisotopic (exact) mass is 202 g/mol. The van der Waals surface area contributed by atoms with Crippen LogP contribution in [0.4, 0.5) is 4.79 Å². The van der Waals surface area contributed by atoms with Gasteiger partial charge in [0, 0.05) is 19.7 Å². The van der Waals surface area contributed by atoms with Crippen LogP contribution in [0.2, 0.25) is 0 Å². The molecule has 0 radical (unpaired) electrons. The quantitative estimate of drug-likeness (QED) is 0.615. The first kappa shape index (κ1) is 13.2. The summed E-state index contributed by atoms with van der Waals surface area (Å²) in [6.45, 7) is 8.10. The Kier molecular flexibility index (Phi) is 8.33. The second-order valence-electron chi connectivity index (χ2n) is 3.41. The molecule has 0 rings (SSSR count). The Morgan fingerprint density at radius 3 is 2.57 bits per heavy atom. The molecule has 4 nitrogen and oxygen atoms in total. The Morgan fingerprint density at radius 2 is 2.00 bits per heavy atom. The molecule has 4 heteroatoms. The van der Waals surface area contributed by atoms with E-state index in [0.717, 1.165) is 19.4 Å². The van der Waals surface area contributed by atoms with Gasteiger partial charge in [-0.15, -0.1) is 0 Å². The maximum atomic E-state index is 10.9. The molecule has 0 fully saturated rings. The van der Waals surface area contributed by atoms with Crippen LogP contribution in [0.3, 0.4) is 0 Å². The highest BCUT2D eigenvalue weighted by atomic mass is 16.5. The van der Waals surface area contributed by atoms with Gasteiger partial charge in [-0.1, -0.05) is 0 Å². The molecule has 0 aromatic heterocycles. The fraction of sp³-hybridized carbons (Fsp3) is 0.900. The predicted molar refractivity (Wildman–Crippen MR) is 57.4 cm³/mol. The molecule has 0 unspecified atom stereocenters. The van der Waals surface area contributed by atoms with Crippen LogP contribution in [0.25, 0.3) is 0 Å². The number of hydrogen-bond acceptors (Lipinski definition) is 2. The molecule has 0 atom stereocenters. The smallest absolute Gasteiger partial charge is 0.314 e. The van der Waals surface area contributed by atoms with Crippen molar-refractivity contribution < 1.29 is 9.53 Å². The first-order chi connectivity index (χ1) is 6.66. The van der Waals surface area contributed by atoms with Gasteiger partial charge < -0.3 is 15.4 Å². The topological polar surface area (TPSA) is 50.4 Å². The van der Waals surface area contributed by atoms with Crippen LogP contribution in [0.15, 0.2) is 0 Å². The van der Waals surface area contributed by atoms with Crippen molar-refractivity contribution in [2.45, 2.75) is 39.7 Å². The molecule has 0 saturated heterocycles. The van der Waals surface area contributed by atoms with Crippen LogP contribution in [-0.4, -0.2) is 31.8 Å². The third-order valence-electron chi connectivity index (χ3n) is 1.65. The van der Waals surface area contributed by atoms with Crippen molar-refractivity contribution in [1.29, 1.82) is 0 Å². The summed E-state index contributed by atoms with van der Waals surface area (Å²) in [5, 5.41) is 5.44. The van der Waals surface area contributed by atoms with Crippen LogP contribution < -0.4 is 10.6 Å². The fourth-order valence-electron chi connectivity index (χ4n) is 0.971. The van der Waals surface area contributed by atoms with Crippen LogP contribution >= 0.6 is 0 Å². The van der Waals surface area contributed by atoms with Gasteiger partial charge in [-0.3, -0.25) is 0 Å². The lowest BCUT2D eigenvalue weighted by atomic mass is 10.3. The molecule has 2 N–H and O–H groups in total. The van der Waals surface area contributed by atoms with Gasteiger partial charge >= 0.3 is 6.03 Å². The van der Waals surface area contributed by atoms with Crippen LogP contribution in [0.1, 0.15) is 33.6 Å². The lowest BCUT2D eigenvalue weighted by Gasteiger charge is -2.08. The zero-order valence-electron chi connectivity index (χ0n) is 9.43. The van der Waals surface area contributed by atoms with E-state index in [4.69, 9.17) is 4.74 Å². The summed E-state index contributed by atoms with van der Waals surface area (Å²) in [5.41, 5.74) is 0. The van der Waals surface area contributed by atoms with Gasteiger partial charge in [0.25, 0.3) is 0 Å². The summed E-state index contributed by atoms with van der Waals surface area (Å²) in [5.74, 6) is 0. The first-order valence-electron chi connectivity index (χ1n) is 5.30. The Balaban J connectivity index is 3.09. The van der Waals surface area contributed by atoms with Crippen molar-refractivity contribution in [2.24, 2.45) is 0 Å². The third kappa shape index (κ3) is 9.32. The van der Waals surface area contributed by atoms with Crippen molar-refractivity contribution in [3.63, 3.8) is 0 Å². The average molecular weight is 202 g/mol. The second kappa shape index (κ2) is 8.81. The number of amides is 2. The Bertz CT molecular complexity index is 149. The molecule has 0 aliphatic heterocycles. The summed E-state index contributed by atoms with van der Waals surface area (Å²) < 4.78 is 5.37. The van der Waals surface area contributed by atoms with Gasteiger partial charge in [-0.2, -0.15) is 0 Å². The highest BCUT2D eigenvalue weighted by Gasteiger charge is 1.96. The summed E-state index contributed by atoms with van der Waals surface area (Å²) in [7, 11) is 0. The maximum absolute atomic E-state index is 10.9. The summed E-state index contributed by atoms with van der Waals surface area (Å²) in [6.07, 6.45) is 2.25. The van der Waals surface area contributed by atoms with Crippen molar-refractivity contribution in [3.8, 4) is 0 Å². The van der Waals surface area contributed by atoms with Gasteiger partial charge in [0.15, 0.2) is 0 Å². The first-order valence-corrected chi connectivity index (χ1v) is 5.30. The number of nitrogens with one attached hydrogen (secondary N) is 2. The number of carbonyl (C=O) groups is 1. The zero-order chi connectivity index (χ0) is 10.8. The van der Waals surface area contributed by atoms with E-state index >= 15 is 0 Å². The minimum Gasteiger partial charge on any atom is -0.379 e. The van der Waals surface area contributed by atoms with E-state index in [-0.39, 0.29) is 6.03 Å². The van der Waals surface area contributed by atoms with Crippen molar-refractivity contribution >= 4 is 6.03 Å². The highest BCUT2D eigenvalue weighted by Crippen LogP contribution is 1.93. The van der Waals surface area contributed by atoms with E-state index < -0.39 is 0 Å². The summed E-state index contributed by atoms with van der Waals surface area (Å²) in [6, 6.07) is -0.0859. The van der Waals surface area contributed by atoms with Crippen molar-refractivity contribution in [1.82, 2.24) is 10.6 Å². The Hall–Kier alpha value is -0.770. The Morgan fingerprint density at radius 1 is 1.29 bits per heavy atom. The molecule has 14 heavy (non-hydrogen) atoms. The van der Waals surface area contributed by atoms with Crippen LogP contribution in [0.5, 0.6) is 0 Å². The fourth-order valence-corrected chi connectivity index (χ4v) is 0.971. The second-order valence-corrected chi connectivity index (χ2v) is 3.41. The third-order valence-corrected chi connectivity index (χ3v) is 1.65. The molecule has 0 aromatic carbocycles. The number of carbonyl (C=O) groups excluding carboxylic acids is 1. The van der Waals surface area contributed by atoms with E-state index in [1.165, 1.54) is 0 Å². The number of rotatable bonds is 7. The number of ether oxygens (including phenoxy) is 1. The summed E-state index contributed by atoms with van der Waals surface area (Å²) >= 11 is 0. The average Bonchev–Trinajstić information content (AvgIpc) is 2.11. The molecule has 0 heterocycles. The van der Waals surface area contributed by atoms with Gasteiger partial charge in [0.2, 0.25) is 0 Å². The standard InChI is InChI=1S/C10H22N2O2/c1-4-11-10(13)12-7-5-6-8-14-9(2)3/h9H,4-8H2,1-3H3,(H2,11,12,13). The largest absolute Gasteiger partial charge is 0.379 e. The van der Waals surface area contributed by atoms with E-state index in [1.54, 1.807) is 0 Å². The van der Waals surface area contributed by atoms with E-state index in [1.807, 2.05) is 20.8 Å². The minimum absolute atomic E-state index is 0.0859. The van der Waals surface area contributed by atoms with E-state index in [0.29, 0.717) is 19.2 Å². The molecular weight excluding hydrogens is 180 g/mol. The molecule has 84 valence electrons. The predicted octanol–water partition coefficient (Wildman–Crippen LogP) is 1.51. The van der Waals surface area contributed by atoms with Gasteiger partial charge in [-0.05, 0) is 33.6 Å². The summed E-state index contributed by atoms with van der Waals surface area (Å²) in [4.78, 5) is 10.9. The molecule has 0 bridgehead atoms. The van der Waals surface area contributed by atoms with Gasteiger partial charge in [-0.25, -0.2) is 4.79 Å². The maximum Gasteiger partial charge on any atom is 0.314 e. The van der Waals surface area contributed by atoms with Gasteiger partial charge in [0.1, 0.15) is 0 Å². The molecule has 0 saturated carbocycles. The molecule has 0 aliphatic carbocycles. The number of urea groups is 1. The number of hydrogen-bond donors (Lipinski definition) is 2. The SMILES string of the molecule is CCNC(=O)NCCCCOC(C)C.